The maximum Gasteiger partial charge on any atom is 0.323 e. The Morgan fingerprint density at radius 2 is 2.21 bits per heavy atom. The van der Waals surface area contributed by atoms with E-state index in [1.807, 2.05) is 0 Å². The van der Waals surface area contributed by atoms with Gasteiger partial charge in [0.2, 0.25) is 0 Å². The summed E-state index contributed by atoms with van der Waals surface area (Å²) >= 11 is 3.18. The fourth-order valence-corrected chi connectivity index (χ4v) is 2.47. The summed E-state index contributed by atoms with van der Waals surface area (Å²) in [4.78, 5) is 21.7. The minimum absolute atomic E-state index is 0.0123. The fourth-order valence-electron chi connectivity index (χ4n) is 2.12. The maximum absolute atomic E-state index is 11.2. The molecule has 0 aromatic heterocycles. The largest absolute Gasteiger partial charge is 0.480 e. The summed E-state index contributed by atoms with van der Waals surface area (Å²) in [7, 11) is 0. The molecule has 0 amide bonds. The first-order valence-corrected chi connectivity index (χ1v) is 6.65. The molecule has 0 unspecified atom stereocenters. The van der Waals surface area contributed by atoms with Gasteiger partial charge in [0.1, 0.15) is 5.54 Å². The Kier molecular flexibility index (Phi) is 3.86. The van der Waals surface area contributed by atoms with Gasteiger partial charge in [-0.05, 0) is 31.4 Å². The van der Waals surface area contributed by atoms with Crippen LogP contribution >= 0.6 is 15.9 Å². The summed E-state index contributed by atoms with van der Waals surface area (Å²) in [6.45, 7) is 0.176. The summed E-state index contributed by atoms with van der Waals surface area (Å²) in [5, 5.41) is 23.1. The van der Waals surface area contributed by atoms with Crippen LogP contribution in [0.4, 0.5) is 5.69 Å². The quantitative estimate of drug-likeness (QED) is 0.639. The molecule has 2 rings (SSSR count). The lowest BCUT2D eigenvalue weighted by Gasteiger charge is -2.38. The van der Waals surface area contributed by atoms with Gasteiger partial charge < -0.3 is 5.11 Å². The Morgan fingerprint density at radius 3 is 2.68 bits per heavy atom. The van der Waals surface area contributed by atoms with E-state index in [4.69, 9.17) is 0 Å². The second kappa shape index (κ2) is 5.26. The molecule has 0 bridgehead atoms. The minimum Gasteiger partial charge on any atom is -0.480 e. The summed E-state index contributed by atoms with van der Waals surface area (Å²) < 4.78 is 0.625. The second-order valence-electron chi connectivity index (χ2n) is 4.62. The molecule has 0 spiro atoms. The number of aliphatic carboxylic acids is 1. The highest BCUT2D eigenvalue weighted by Gasteiger charge is 2.44. The Labute approximate surface area is 118 Å². The average molecular weight is 329 g/mol. The van der Waals surface area contributed by atoms with Crippen LogP contribution < -0.4 is 5.32 Å². The lowest BCUT2D eigenvalue weighted by molar-refractivity contribution is -0.385. The Hall–Kier alpha value is -1.47. The van der Waals surface area contributed by atoms with E-state index in [1.54, 1.807) is 12.1 Å². The van der Waals surface area contributed by atoms with E-state index < -0.39 is 16.4 Å². The molecule has 1 aliphatic carbocycles. The van der Waals surface area contributed by atoms with Crippen LogP contribution in [0, 0.1) is 10.1 Å². The first kappa shape index (κ1) is 14.0. The van der Waals surface area contributed by atoms with Gasteiger partial charge in [-0.2, -0.15) is 0 Å². The lowest BCUT2D eigenvalue weighted by Crippen LogP contribution is -2.56. The molecule has 1 fully saturated rings. The Morgan fingerprint density at radius 1 is 1.53 bits per heavy atom. The zero-order valence-corrected chi connectivity index (χ0v) is 11.6. The van der Waals surface area contributed by atoms with Crippen LogP contribution in [0.5, 0.6) is 0 Å². The summed E-state index contributed by atoms with van der Waals surface area (Å²) in [6.07, 6.45) is 1.99. The van der Waals surface area contributed by atoms with Gasteiger partial charge in [0.25, 0.3) is 5.69 Å². The molecule has 0 aliphatic heterocycles. The van der Waals surface area contributed by atoms with Gasteiger partial charge in [-0.1, -0.05) is 15.9 Å². The van der Waals surface area contributed by atoms with Crippen molar-refractivity contribution >= 4 is 27.6 Å². The lowest BCUT2D eigenvalue weighted by atomic mass is 9.76. The number of nitrogens with zero attached hydrogens (tertiary/aromatic N) is 1. The zero-order chi connectivity index (χ0) is 14.0. The number of hydrogen-bond donors (Lipinski definition) is 2. The fraction of sp³-hybridized carbons (Fsp3) is 0.417. The van der Waals surface area contributed by atoms with Crippen molar-refractivity contribution in [3.05, 3.63) is 38.3 Å². The van der Waals surface area contributed by atoms with Crippen LogP contribution in [-0.4, -0.2) is 21.5 Å². The van der Waals surface area contributed by atoms with Gasteiger partial charge in [0.05, 0.1) is 4.92 Å². The van der Waals surface area contributed by atoms with E-state index in [1.165, 1.54) is 6.07 Å². The van der Waals surface area contributed by atoms with Gasteiger partial charge in [0, 0.05) is 22.6 Å². The maximum atomic E-state index is 11.2. The number of rotatable bonds is 5. The molecule has 7 heteroatoms. The molecule has 1 saturated carbocycles. The highest BCUT2D eigenvalue weighted by atomic mass is 79.9. The molecule has 19 heavy (non-hydrogen) atoms. The van der Waals surface area contributed by atoms with E-state index in [0.29, 0.717) is 22.9 Å². The smallest absolute Gasteiger partial charge is 0.323 e. The summed E-state index contributed by atoms with van der Waals surface area (Å²) in [5.41, 5.74) is -0.441. The topological polar surface area (TPSA) is 92.5 Å². The SMILES string of the molecule is O=C(O)C1(NCc2ccc(Br)cc2[N+](=O)[O-])CCC1. The molecule has 102 valence electrons. The number of nitro groups is 1. The molecule has 0 radical (unpaired) electrons. The third-order valence-electron chi connectivity index (χ3n) is 3.48. The number of nitrogens with one attached hydrogen (secondary N) is 1. The van der Waals surface area contributed by atoms with Crippen LogP contribution in [0.2, 0.25) is 0 Å². The van der Waals surface area contributed by atoms with Crippen LogP contribution in [0.1, 0.15) is 24.8 Å². The molecule has 0 heterocycles. The zero-order valence-electron chi connectivity index (χ0n) is 10.1. The number of halogens is 1. The highest BCUT2D eigenvalue weighted by Crippen LogP contribution is 2.33. The highest BCUT2D eigenvalue weighted by molar-refractivity contribution is 9.10. The standard InChI is InChI=1S/C12H13BrN2O4/c13-9-3-2-8(10(6-9)15(18)19)7-14-12(11(16)17)4-1-5-12/h2-3,6,14H,1,4-5,7H2,(H,16,17). The van der Waals surface area contributed by atoms with Crippen molar-refractivity contribution in [1.82, 2.24) is 5.32 Å². The third kappa shape index (κ3) is 2.76. The van der Waals surface area contributed by atoms with Crippen LogP contribution in [0.15, 0.2) is 22.7 Å². The number of hydrogen-bond acceptors (Lipinski definition) is 4. The molecular formula is C12H13BrN2O4. The van der Waals surface area contributed by atoms with Gasteiger partial charge in [-0.3, -0.25) is 20.2 Å². The van der Waals surface area contributed by atoms with Gasteiger partial charge in [-0.15, -0.1) is 0 Å². The summed E-state index contributed by atoms with van der Waals surface area (Å²) in [6, 6.07) is 4.76. The molecule has 0 atom stereocenters. The molecule has 1 aromatic rings. The summed E-state index contributed by atoms with van der Waals surface area (Å²) in [5.74, 6) is -0.890. The van der Waals surface area contributed by atoms with E-state index in [9.17, 15) is 20.0 Å². The monoisotopic (exact) mass is 328 g/mol. The molecule has 1 aromatic carbocycles. The normalized spacial score (nSPS) is 16.7. The molecule has 0 saturated heterocycles. The molecule has 2 N–H and O–H groups in total. The van der Waals surface area contributed by atoms with E-state index in [-0.39, 0.29) is 12.2 Å². The first-order valence-electron chi connectivity index (χ1n) is 5.86. The van der Waals surface area contributed by atoms with Crippen molar-refractivity contribution < 1.29 is 14.8 Å². The van der Waals surface area contributed by atoms with Crippen molar-refractivity contribution in [1.29, 1.82) is 0 Å². The number of nitro benzene ring substituents is 1. The van der Waals surface area contributed by atoms with Crippen LogP contribution in [0.25, 0.3) is 0 Å². The van der Waals surface area contributed by atoms with Gasteiger partial charge >= 0.3 is 5.97 Å². The van der Waals surface area contributed by atoms with Crippen LogP contribution in [-0.2, 0) is 11.3 Å². The molecule has 1 aliphatic rings. The second-order valence-corrected chi connectivity index (χ2v) is 5.54. The molecular weight excluding hydrogens is 316 g/mol. The third-order valence-corrected chi connectivity index (χ3v) is 3.97. The number of benzene rings is 1. The number of carboxylic acid groups (broad SMARTS) is 1. The van der Waals surface area contributed by atoms with Crippen molar-refractivity contribution in [3.63, 3.8) is 0 Å². The number of carbonyl (C=O) groups is 1. The van der Waals surface area contributed by atoms with E-state index in [2.05, 4.69) is 21.2 Å². The van der Waals surface area contributed by atoms with Crippen molar-refractivity contribution in [2.45, 2.75) is 31.3 Å². The van der Waals surface area contributed by atoms with E-state index >= 15 is 0 Å². The van der Waals surface area contributed by atoms with Crippen molar-refractivity contribution in [2.24, 2.45) is 0 Å². The minimum atomic E-state index is -0.916. The van der Waals surface area contributed by atoms with Crippen LogP contribution in [0.3, 0.4) is 0 Å². The average Bonchev–Trinajstić information content (AvgIpc) is 2.28. The van der Waals surface area contributed by atoms with Crippen molar-refractivity contribution in [3.8, 4) is 0 Å². The predicted molar refractivity (Wildman–Crippen MR) is 71.9 cm³/mol. The number of carboxylic acids is 1. The van der Waals surface area contributed by atoms with Gasteiger partial charge in [-0.25, -0.2) is 0 Å². The van der Waals surface area contributed by atoms with Crippen molar-refractivity contribution in [2.75, 3.05) is 0 Å². The van der Waals surface area contributed by atoms with Gasteiger partial charge in [0.15, 0.2) is 0 Å². The van der Waals surface area contributed by atoms with E-state index in [0.717, 1.165) is 6.42 Å². The Balaban J connectivity index is 2.15. The Bertz CT molecular complexity index is 528. The first-order chi connectivity index (χ1) is 8.94. The molecule has 6 nitrogen and oxygen atoms in total. The predicted octanol–water partition coefficient (Wildman–Crippen LogP) is 2.45.